The third kappa shape index (κ3) is 3.79. The second-order valence-corrected chi connectivity index (χ2v) is 8.25. The summed E-state index contributed by atoms with van der Waals surface area (Å²) >= 11 is 0. The number of aryl methyl sites for hydroxylation is 1. The van der Waals surface area contributed by atoms with E-state index in [0.717, 1.165) is 12.0 Å². The van der Waals surface area contributed by atoms with E-state index in [-0.39, 0.29) is 35.5 Å². The predicted octanol–water partition coefficient (Wildman–Crippen LogP) is 3.38. The van der Waals surface area contributed by atoms with E-state index in [1.165, 1.54) is 17.2 Å². The summed E-state index contributed by atoms with van der Waals surface area (Å²) in [4.78, 5) is 24.5. The summed E-state index contributed by atoms with van der Waals surface area (Å²) in [6, 6.07) is 1.48. The van der Waals surface area contributed by atoms with Gasteiger partial charge in [0.1, 0.15) is 5.69 Å². The molecule has 3 aromatic heterocycles. The van der Waals surface area contributed by atoms with Gasteiger partial charge < -0.3 is 10.2 Å². The Hall–Kier alpha value is -3.57. The average Bonchev–Trinajstić information content (AvgIpc) is 3.50. The summed E-state index contributed by atoms with van der Waals surface area (Å²) in [5, 5.41) is 11.1. The van der Waals surface area contributed by atoms with E-state index in [2.05, 4.69) is 25.5 Å². The molecule has 3 unspecified atom stereocenters. The molecule has 8 nitrogen and oxygen atoms in total. The van der Waals surface area contributed by atoms with Crippen LogP contribution in [0.4, 0.5) is 23.4 Å². The number of nitrogens with zero attached hydrogens (tertiary/aromatic N) is 6. The molecule has 2 aliphatic rings. The summed E-state index contributed by atoms with van der Waals surface area (Å²) < 4.78 is 52.7. The van der Waals surface area contributed by atoms with Gasteiger partial charge in [0.2, 0.25) is 0 Å². The zero-order chi connectivity index (χ0) is 23.3. The van der Waals surface area contributed by atoms with Gasteiger partial charge >= 0.3 is 6.18 Å². The fraction of sp³-hybridized carbons (Fsp3) is 0.381. The van der Waals surface area contributed by atoms with Crippen molar-refractivity contribution in [2.45, 2.75) is 50.5 Å². The number of alkyl halides is 3. The van der Waals surface area contributed by atoms with E-state index in [4.69, 9.17) is 0 Å². The highest BCUT2D eigenvalue weighted by atomic mass is 19.4. The van der Waals surface area contributed by atoms with Crippen molar-refractivity contribution in [1.82, 2.24) is 29.9 Å². The second-order valence-electron chi connectivity index (χ2n) is 8.25. The fourth-order valence-corrected chi connectivity index (χ4v) is 4.67. The molecule has 3 aromatic rings. The van der Waals surface area contributed by atoms with Crippen LogP contribution in [-0.2, 0) is 6.18 Å². The van der Waals surface area contributed by atoms with Crippen LogP contribution in [0.3, 0.4) is 0 Å². The van der Waals surface area contributed by atoms with Gasteiger partial charge in [-0.25, -0.2) is 14.4 Å². The van der Waals surface area contributed by atoms with Crippen molar-refractivity contribution in [3.8, 4) is 5.69 Å². The van der Waals surface area contributed by atoms with Gasteiger partial charge in [-0.2, -0.15) is 23.4 Å². The van der Waals surface area contributed by atoms with E-state index in [1.807, 2.05) is 6.92 Å². The highest BCUT2D eigenvalue weighted by Gasteiger charge is 2.49. The summed E-state index contributed by atoms with van der Waals surface area (Å²) in [5.41, 5.74) is 0.344. The van der Waals surface area contributed by atoms with E-state index in [9.17, 15) is 22.4 Å². The summed E-state index contributed by atoms with van der Waals surface area (Å²) in [6.07, 6.45) is 2.50. The van der Waals surface area contributed by atoms with Crippen LogP contribution in [0.2, 0.25) is 0 Å². The highest BCUT2D eigenvalue weighted by molar-refractivity contribution is 5.96. The number of anilines is 1. The van der Waals surface area contributed by atoms with Crippen LogP contribution >= 0.6 is 0 Å². The van der Waals surface area contributed by atoms with Crippen molar-refractivity contribution in [3.05, 3.63) is 59.6 Å². The van der Waals surface area contributed by atoms with Crippen LogP contribution in [0, 0.1) is 12.7 Å². The Balaban J connectivity index is 1.39. The molecule has 0 aliphatic carbocycles. The molecular weight excluding hydrogens is 442 g/mol. The minimum Gasteiger partial charge on any atom is -0.363 e. The molecule has 0 radical (unpaired) electrons. The van der Waals surface area contributed by atoms with Crippen LogP contribution in [0.25, 0.3) is 5.69 Å². The molecule has 2 fully saturated rings. The van der Waals surface area contributed by atoms with Crippen molar-refractivity contribution in [2.75, 3.05) is 5.32 Å². The quantitative estimate of drug-likeness (QED) is 0.600. The summed E-state index contributed by atoms with van der Waals surface area (Å²) in [6.45, 7) is 1.85. The third-order valence-electron chi connectivity index (χ3n) is 6.10. The Labute approximate surface area is 185 Å². The molecule has 12 heteroatoms. The van der Waals surface area contributed by atoms with Gasteiger partial charge in [0, 0.05) is 18.4 Å². The number of halogens is 4. The smallest absolute Gasteiger partial charge is 0.363 e. The number of hydrogen-bond acceptors (Lipinski definition) is 6. The van der Waals surface area contributed by atoms with Crippen LogP contribution in [0.5, 0.6) is 0 Å². The number of amides is 1. The lowest BCUT2D eigenvalue weighted by atomic mass is 9.95. The SMILES string of the molecule is Cc1cnc(C(=O)N2C3CCC2C(Nc2ncc(C(F)(F)F)cc2F)C3)c(-n2nccn2)c1. The molecular formula is C21H19F4N7O. The first-order valence-electron chi connectivity index (χ1n) is 10.4. The summed E-state index contributed by atoms with van der Waals surface area (Å²) in [7, 11) is 0. The first-order chi connectivity index (χ1) is 15.7. The molecule has 1 N–H and O–H groups in total. The first-order valence-corrected chi connectivity index (χ1v) is 10.4. The Morgan fingerprint density at radius 1 is 1.12 bits per heavy atom. The number of rotatable bonds is 4. The number of fused-ring (bicyclic) bond motifs is 2. The molecule has 3 atom stereocenters. The largest absolute Gasteiger partial charge is 0.417 e. The van der Waals surface area contributed by atoms with Crippen LogP contribution in [-0.4, -0.2) is 53.9 Å². The molecule has 5 heterocycles. The maximum Gasteiger partial charge on any atom is 0.417 e. The predicted molar refractivity (Wildman–Crippen MR) is 108 cm³/mol. The Bertz CT molecular complexity index is 1200. The van der Waals surface area contributed by atoms with Crippen molar-refractivity contribution < 1.29 is 22.4 Å². The van der Waals surface area contributed by atoms with Crippen LogP contribution in [0.15, 0.2) is 36.9 Å². The molecule has 2 saturated heterocycles. The molecule has 172 valence electrons. The molecule has 0 saturated carbocycles. The molecule has 5 rings (SSSR count). The lowest BCUT2D eigenvalue weighted by molar-refractivity contribution is -0.138. The van der Waals surface area contributed by atoms with E-state index >= 15 is 0 Å². The number of nitrogens with one attached hydrogen (secondary N) is 1. The normalized spacial score (nSPS) is 22.1. The Morgan fingerprint density at radius 3 is 2.58 bits per heavy atom. The zero-order valence-corrected chi connectivity index (χ0v) is 17.4. The molecule has 2 bridgehead atoms. The van der Waals surface area contributed by atoms with Crippen molar-refractivity contribution in [3.63, 3.8) is 0 Å². The maximum absolute atomic E-state index is 14.3. The van der Waals surface area contributed by atoms with Gasteiger partial charge in [-0.15, -0.1) is 4.80 Å². The molecule has 2 aliphatic heterocycles. The Morgan fingerprint density at radius 2 is 1.88 bits per heavy atom. The van der Waals surface area contributed by atoms with Crippen molar-refractivity contribution in [2.24, 2.45) is 0 Å². The van der Waals surface area contributed by atoms with Gasteiger partial charge in [0.05, 0.1) is 30.0 Å². The van der Waals surface area contributed by atoms with Gasteiger partial charge in [-0.1, -0.05) is 0 Å². The minimum absolute atomic E-state index is 0.0981. The zero-order valence-electron chi connectivity index (χ0n) is 17.4. The second kappa shape index (κ2) is 7.78. The standard InChI is InChI=1S/C21H19F4N7O/c1-11-6-17(32-28-4-5-29-32)18(26-9-11)20(33)31-13-2-3-16(31)15(8-13)30-19-14(22)7-12(10-27-19)21(23,24)25/h4-7,9-10,13,15-16H,2-3,8H2,1H3,(H,27,30). The number of carbonyl (C=O) groups excluding carboxylic acids is 1. The van der Waals surface area contributed by atoms with Gasteiger partial charge in [0.25, 0.3) is 5.91 Å². The van der Waals surface area contributed by atoms with Gasteiger partial charge in [0.15, 0.2) is 17.3 Å². The number of hydrogen-bond donors (Lipinski definition) is 1. The third-order valence-corrected chi connectivity index (χ3v) is 6.10. The molecule has 0 spiro atoms. The number of carbonyl (C=O) groups is 1. The van der Waals surface area contributed by atoms with Gasteiger partial charge in [-0.05, 0) is 43.9 Å². The van der Waals surface area contributed by atoms with Crippen LogP contribution < -0.4 is 5.32 Å². The lowest BCUT2D eigenvalue weighted by Crippen LogP contribution is -2.41. The minimum atomic E-state index is -4.68. The van der Waals surface area contributed by atoms with E-state index in [0.29, 0.717) is 30.8 Å². The molecule has 33 heavy (non-hydrogen) atoms. The number of pyridine rings is 2. The van der Waals surface area contributed by atoms with Gasteiger partial charge in [-0.3, -0.25) is 4.79 Å². The average molecular weight is 461 g/mol. The van der Waals surface area contributed by atoms with Crippen molar-refractivity contribution >= 4 is 11.7 Å². The van der Waals surface area contributed by atoms with Crippen LogP contribution in [0.1, 0.15) is 40.9 Å². The topological polar surface area (TPSA) is 88.8 Å². The molecule has 1 amide bonds. The number of aromatic nitrogens is 5. The fourth-order valence-electron chi connectivity index (χ4n) is 4.67. The lowest BCUT2D eigenvalue weighted by Gasteiger charge is -2.26. The van der Waals surface area contributed by atoms with E-state index < -0.39 is 17.6 Å². The monoisotopic (exact) mass is 461 g/mol. The maximum atomic E-state index is 14.3. The Kier molecular flexibility index (Phi) is 5.02. The van der Waals surface area contributed by atoms with Crippen molar-refractivity contribution in [1.29, 1.82) is 0 Å². The molecule has 0 aromatic carbocycles. The first kappa shape index (κ1) is 21.3. The van der Waals surface area contributed by atoms with E-state index in [1.54, 1.807) is 17.2 Å². The summed E-state index contributed by atoms with van der Waals surface area (Å²) in [5.74, 6) is -1.64. The highest BCUT2D eigenvalue weighted by Crippen LogP contribution is 2.40.